The standard InChI is InChI=1S/C14H28N2O3/c1-11(18-5)9-15-12-7-6-8-16(10-12)13(17)19-14(2,3)4/h11-12,15H,6-10H2,1-5H3. The Bertz CT molecular complexity index is 289. The molecule has 1 aliphatic rings. The van der Waals surface area contributed by atoms with Crippen molar-refractivity contribution in [2.75, 3.05) is 26.7 Å². The highest BCUT2D eigenvalue weighted by Crippen LogP contribution is 2.15. The van der Waals surface area contributed by atoms with Crippen LogP contribution in [0.15, 0.2) is 0 Å². The lowest BCUT2D eigenvalue weighted by Crippen LogP contribution is -2.50. The molecule has 1 N–H and O–H groups in total. The first kappa shape index (κ1) is 16.2. The molecule has 1 fully saturated rings. The number of methoxy groups -OCH3 is 1. The molecule has 0 bridgehead atoms. The van der Waals surface area contributed by atoms with E-state index in [9.17, 15) is 4.79 Å². The maximum atomic E-state index is 12.0. The van der Waals surface area contributed by atoms with Crippen molar-refractivity contribution < 1.29 is 14.3 Å². The molecule has 5 nitrogen and oxygen atoms in total. The van der Waals surface area contributed by atoms with Crippen LogP contribution in [0.2, 0.25) is 0 Å². The van der Waals surface area contributed by atoms with Crippen LogP contribution in [0.1, 0.15) is 40.5 Å². The molecule has 1 aliphatic heterocycles. The SMILES string of the molecule is COC(C)CNC1CCCN(C(=O)OC(C)(C)C)C1. The highest BCUT2D eigenvalue weighted by atomic mass is 16.6. The van der Waals surface area contributed by atoms with Crippen molar-refractivity contribution in [3.05, 3.63) is 0 Å². The van der Waals surface area contributed by atoms with Crippen molar-refractivity contribution in [2.24, 2.45) is 0 Å². The molecule has 0 radical (unpaired) electrons. The van der Waals surface area contributed by atoms with Crippen LogP contribution in [0.4, 0.5) is 4.79 Å². The van der Waals surface area contributed by atoms with E-state index in [0.717, 1.165) is 25.9 Å². The number of rotatable bonds is 4. The van der Waals surface area contributed by atoms with Gasteiger partial charge in [0.05, 0.1) is 6.10 Å². The van der Waals surface area contributed by atoms with Crippen LogP contribution in [0.25, 0.3) is 0 Å². The van der Waals surface area contributed by atoms with E-state index in [4.69, 9.17) is 9.47 Å². The Kier molecular flexibility index (Phi) is 6.07. The van der Waals surface area contributed by atoms with Gasteiger partial charge in [0.1, 0.15) is 5.60 Å². The number of hydrogen-bond donors (Lipinski definition) is 1. The zero-order valence-corrected chi connectivity index (χ0v) is 12.9. The molecule has 0 aromatic rings. The monoisotopic (exact) mass is 272 g/mol. The first-order valence-corrected chi connectivity index (χ1v) is 7.06. The van der Waals surface area contributed by atoms with Crippen molar-refractivity contribution >= 4 is 6.09 Å². The van der Waals surface area contributed by atoms with Crippen molar-refractivity contribution in [3.8, 4) is 0 Å². The van der Waals surface area contributed by atoms with Crippen LogP contribution in [-0.4, -0.2) is 55.5 Å². The van der Waals surface area contributed by atoms with Crippen LogP contribution >= 0.6 is 0 Å². The van der Waals surface area contributed by atoms with E-state index in [-0.39, 0.29) is 12.2 Å². The Morgan fingerprint density at radius 1 is 1.47 bits per heavy atom. The largest absolute Gasteiger partial charge is 0.444 e. The maximum absolute atomic E-state index is 12.0. The van der Waals surface area contributed by atoms with Crippen LogP contribution in [-0.2, 0) is 9.47 Å². The van der Waals surface area contributed by atoms with Crippen molar-refractivity contribution in [3.63, 3.8) is 0 Å². The molecular formula is C14H28N2O3. The number of amides is 1. The van der Waals surface area contributed by atoms with Gasteiger partial charge in [0.2, 0.25) is 0 Å². The third-order valence-electron chi connectivity index (χ3n) is 3.17. The molecule has 5 heteroatoms. The quantitative estimate of drug-likeness (QED) is 0.850. The number of ether oxygens (including phenoxy) is 2. The van der Waals surface area contributed by atoms with Gasteiger partial charge < -0.3 is 19.7 Å². The molecule has 1 rings (SSSR count). The number of carbonyl (C=O) groups excluding carboxylic acids is 1. The van der Waals surface area contributed by atoms with Gasteiger partial charge in [0.25, 0.3) is 0 Å². The molecule has 0 aromatic carbocycles. The third-order valence-corrected chi connectivity index (χ3v) is 3.17. The van der Waals surface area contributed by atoms with Gasteiger partial charge in [-0.25, -0.2) is 4.79 Å². The van der Waals surface area contributed by atoms with Crippen molar-refractivity contribution in [1.29, 1.82) is 0 Å². The summed E-state index contributed by atoms with van der Waals surface area (Å²) in [6.07, 6.45) is 2.09. The lowest BCUT2D eigenvalue weighted by atomic mass is 10.1. The van der Waals surface area contributed by atoms with Gasteiger partial charge in [0, 0.05) is 32.8 Å². The van der Waals surface area contributed by atoms with Crippen LogP contribution in [0, 0.1) is 0 Å². The highest BCUT2D eigenvalue weighted by Gasteiger charge is 2.27. The lowest BCUT2D eigenvalue weighted by molar-refractivity contribution is 0.0181. The fourth-order valence-electron chi connectivity index (χ4n) is 2.05. The molecule has 1 amide bonds. The molecule has 112 valence electrons. The summed E-state index contributed by atoms with van der Waals surface area (Å²) < 4.78 is 10.6. The molecule has 1 heterocycles. The Morgan fingerprint density at radius 2 is 2.16 bits per heavy atom. The molecule has 1 saturated heterocycles. The minimum absolute atomic E-state index is 0.192. The molecule has 2 atom stereocenters. The Morgan fingerprint density at radius 3 is 2.74 bits per heavy atom. The van der Waals surface area contributed by atoms with Gasteiger partial charge in [-0.1, -0.05) is 0 Å². The van der Waals surface area contributed by atoms with Crippen LogP contribution in [0.5, 0.6) is 0 Å². The maximum Gasteiger partial charge on any atom is 0.410 e. The average molecular weight is 272 g/mol. The Hall–Kier alpha value is -0.810. The summed E-state index contributed by atoms with van der Waals surface area (Å²) in [6, 6.07) is 0.332. The first-order chi connectivity index (χ1) is 8.81. The zero-order chi connectivity index (χ0) is 14.5. The summed E-state index contributed by atoms with van der Waals surface area (Å²) in [7, 11) is 1.71. The molecule has 19 heavy (non-hydrogen) atoms. The van der Waals surface area contributed by atoms with Crippen molar-refractivity contribution in [1.82, 2.24) is 10.2 Å². The number of piperidine rings is 1. The third kappa shape index (κ3) is 6.25. The number of nitrogens with zero attached hydrogens (tertiary/aromatic N) is 1. The van der Waals surface area contributed by atoms with E-state index in [1.165, 1.54) is 0 Å². The summed E-state index contributed by atoms with van der Waals surface area (Å²) in [5.74, 6) is 0. The molecule has 2 unspecified atom stereocenters. The zero-order valence-electron chi connectivity index (χ0n) is 12.9. The number of hydrogen-bond acceptors (Lipinski definition) is 4. The van der Waals surface area contributed by atoms with Gasteiger partial charge in [-0.3, -0.25) is 0 Å². The van der Waals surface area contributed by atoms with E-state index in [0.29, 0.717) is 12.6 Å². The minimum Gasteiger partial charge on any atom is -0.444 e. The van der Waals surface area contributed by atoms with Gasteiger partial charge >= 0.3 is 6.09 Å². The Balaban J connectivity index is 2.39. The molecular weight excluding hydrogens is 244 g/mol. The molecule has 0 saturated carbocycles. The van der Waals surface area contributed by atoms with Gasteiger partial charge in [0.15, 0.2) is 0 Å². The van der Waals surface area contributed by atoms with Crippen LogP contribution in [0.3, 0.4) is 0 Å². The number of likely N-dealkylation sites (tertiary alicyclic amines) is 1. The average Bonchev–Trinajstić information content (AvgIpc) is 2.34. The second-order valence-corrected chi connectivity index (χ2v) is 6.22. The van der Waals surface area contributed by atoms with Crippen molar-refractivity contribution in [2.45, 2.75) is 58.3 Å². The molecule has 0 aliphatic carbocycles. The second-order valence-electron chi connectivity index (χ2n) is 6.22. The summed E-state index contributed by atoms with van der Waals surface area (Å²) in [6.45, 7) is 10.0. The van der Waals surface area contributed by atoms with E-state index < -0.39 is 5.60 Å². The smallest absolute Gasteiger partial charge is 0.410 e. The summed E-state index contributed by atoms with van der Waals surface area (Å²) in [5.41, 5.74) is -0.429. The van der Waals surface area contributed by atoms with Gasteiger partial charge in [-0.15, -0.1) is 0 Å². The topological polar surface area (TPSA) is 50.8 Å². The van der Waals surface area contributed by atoms with E-state index >= 15 is 0 Å². The van der Waals surface area contributed by atoms with Gasteiger partial charge in [-0.05, 0) is 40.5 Å². The molecule has 0 spiro atoms. The molecule has 0 aromatic heterocycles. The van der Waals surface area contributed by atoms with Crippen LogP contribution < -0.4 is 5.32 Å². The normalized spacial score (nSPS) is 22.2. The summed E-state index contributed by atoms with van der Waals surface area (Å²) >= 11 is 0. The van der Waals surface area contributed by atoms with E-state index in [1.807, 2.05) is 27.7 Å². The highest BCUT2D eigenvalue weighted by molar-refractivity contribution is 5.68. The number of carbonyl (C=O) groups is 1. The predicted octanol–water partition coefficient (Wildman–Crippen LogP) is 2.01. The number of nitrogens with one attached hydrogen (secondary N) is 1. The van der Waals surface area contributed by atoms with E-state index in [2.05, 4.69) is 5.32 Å². The second kappa shape index (κ2) is 7.10. The summed E-state index contributed by atoms with van der Waals surface area (Å²) in [4.78, 5) is 13.8. The fourth-order valence-corrected chi connectivity index (χ4v) is 2.05. The predicted molar refractivity (Wildman–Crippen MR) is 75.3 cm³/mol. The Labute approximate surface area is 116 Å². The lowest BCUT2D eigenvalue weighted by Gasteiger charge is -2.34. The first-order valence-electron chi connectivity index (χ1n) is 7.06. The van der Waals surface area contributed by atoms with Gasteiger partial charge in [-0.2, -0.15) is 0 Å². The minimum atomic E-state index is -0.429. The fraction of sp³-hybridized carbons (Fsp3) is 0.929. The summed E-state index contributed by atoms with van der Waals surface area (Å²) in [5, 5.41) is 3.45. The van der Waals surface area contributed by atoms with E-state index in [1.54, 1.807) is 12.0 Å².